The largest absolute Gasteiger partial charge is 0.460 e. The Morgan fingerprint density at radius 3 is 1.48 bits per heavy atom. The fraction of sp³-hybridized carbons (Fsp3) is 0.625. The Hall–Kier alpha value is -1.94. The lowest BCUT2D eigenvalue weighted by molar-refractivity contribution is -0.453. The van der Waals surface area contributed by atoms with Gasteiger partial charge in [0, 0.05) is 13.5 Å². The van der Waals surface area contributed by atoms with E-state index >= 15 is 0 Å². The van der Waals surface area contributed by atoms with Gasteiger partial charge in [0.05, 0.1) is 6.10 Å². The monoisotopic (exact) mass is 522 g/mol. The van der Waals surface area contributed by atoms with Crippen LogP contribution in [0.2, 0.25) is 0 Å². The highest BCUT2D eigenvalue weighted by atomic mass is 19.4. The third kappa shape index (κ3) is 4.43. The fourth-order valence-corrected chi connectivity index (χ4v) is 2.40. The number of hydrogen-bond acceptors (Lipinski definition) is 1. The molecule has 0 radical (unpaired) electrons. The van der Waals surface area contributed by atoms with E-state index in [1.807, 2.05) is 0 Å². The zero-order valence-corrected chi connectivity index (χ0v) is 15.5. The van der Waals surface area contributed by atoms with Crippen molar-refractivity contribution in [1.82, 2.24) is 0 Å². The highest BCUT2D eigenvalue weighted by molar-refractivity contribution is 5.20. The van der Waals surface area contributed by atoms with Gasteiger partial charge < -0.3 is 4.74 Å². The summed E-state index contributed by atoms with van der Waals surface area (Å²) < 4.78 is 215. The summed E-state index contributed by atoms with van der Waals surface area (Å²) in [6.45, 7) is 0. The number of rotatable bonds is 9. The van der Waals surface area contributed by atoms with Gasteiger partial charge in [0.1, 0.15) is 5.82 Å². The Kier molecular flexibility index (Phi) is 7.38. The Bertz CT molecular complexity index is 828. The SMILES string of the molecule is COC(CC(F)(F)C(F)(F)C(F)(F)C(F)(F)C(F)(F)C(F)(F)C(F)(F)F)c1cccc(F)c1. The van der Waals surface area contributed by atoms with E-state index in [2.05, 4.69) is 4.74 Å². The normalized spacial score (nSPS) is 16.2. The quantitative estimate of drug-likeness (QED) is 0.310. The highest BCUT2D eigenvalue weighted by Gasteiger charge is 2.93. The predicted octanol–water partition coefficient (Wildman–Crippen LogP) is 7.28. The van der Waals surface area contributed by atoms with Crippen LogP contribution in [0.5, 0.6) is 0 Å². The lowest BCUT2D eigenvalue weighted by Crippen LogP contribution is -2.72. The molecule has 1 atom stereocenters. The number of benzene rings is 1. The van der Waals surface area contributed by atoms with Crippen molar-refractivity contribution in [1.29, 1.82) is 0 Å². The van der Waals surface area contributed by atoms with Gasteiger partial charge in [-0.3, -0.25) is 0 Å². The molecule has 0 N–H and O–H groups in total. The van der Waals surface area contributed by atoms with Crippen molar-refractivity contribution >= 4 is 0 Å². The van der Waals surface area contributed by atoms with E-state index in [9.17, 15) is 70.2 Å². The molecule has 1 unspecified atom stereocenters. The van der Waals surface area contributed by atoms with E-state index in [0.29, 0.717) is 19.2 Å². The van der Waals surface area contributed by atoms with Crippen LogP contribution in [0, 0.1) is 5.82 Å². The Morgan fingerprint density at radius 1 is 0.667 bits per heavy atom. The van der Waals surface area contributed by atoms with Crippen molar-refractivity contribution in [2.75, 3.05) is 7.11 Å². The van der Waals surface area contributed by atoms with Gasteiger partial charge in [-0.2, -0.15) is 65.9 Å². The van der Waals surface area contributed by atoms with Crippen LogP contribution in [0.3, 0.4) is 0 Å². The van der Waals surface area contributed by atoms with Gasteiger partial charge >= 0.3 is 41.7 Å². The number of alkyl halides is 15. The number of methoxy groups -OCH3 is 1. The minimum absolute atomic E-state index is 0.354. The van der Waals surface area contributed by atoms with Gasteiger partial charge in [-0.1, -0.05) is 12.1 Å². The van der Waals surface area contributed by atoms with Crippen molar-refractivity contribution < 1.29 is 75.0 Å². The summed E-state index contributed by atoms with van der Waals surface area (Å²) in [6.07, 6.45) is -12.9. The van der Waals surface area contributed by atoms with Crippen LogP contribution >= 0.6 is 0 Å². The van der Waals surface area contributed by atoms with E-state index in [1.54, 1.807) is 0 Å². The second-order valence-electron chi connectivity index (χ2n) is 6.56. The smallest absolute Gasteiger partial charge is 0.377 e. The minimum atomic E-state index is -8.35. The Labute approximate surface area is 173 Å². The molecule has 1 aromatic rings. The first-order valence-electron chi connectivity index (χ1n) is 8.04. The molecule has 0 amide bonds. The molecule has 1 nitrogen and oxygen atoms in total. The molecule has 0 aliphatic carbocycles. The summed E-state index contributed by atoms with van der Waals surface area (Å²) in [5.41, 5.74) is -0.753. The standard InChI is InChI=1S/C16H10F16O/c1-33-9(7-3-2-4-8(17)5-7)6-10(18,19)11(20,21)12(22,23)13(24,25)14(26,27)15(28,29)16(30,31)32/h2-5,9H,6H2,1H3. The summed E-state index contributed by atoms with van der Waals surface area (Å²) in [4.78, 5) is 0. The third-order valence-electron chi connectivity index (χ3n) is 4.34. The first-order chi connectivity index (χ1) is 14.4. The maximum absolute atomic E-state index is 14.0. The molecule has 0 aromatic heterocycles. The molecule has 0 saturated carbocycles. The molecule has 1 rings (SSSR count). The van der Waals surface area contributed by atoms with Crippen molar-refractivity contribution in [2.45, 2.75) is 54.2 Å². The molecule has 0 spiro atoms. The first kappa shape index (κ1) is 29.1. The minimum Gasteiger partial charge on any atom is -0.377 e. The van der Waals surface area contributed by atoms with Crippen LogP contribution in [-0.4, -0.2) is 48.8 Å². The summed E-state index contributed by atoms with van der Waals surface area (Å²) in [6, 6.07) is 2.56. The predicted molar refractivity (Wildman–Crippen MR) is 76.5 cm³/mol. The summed E-state index contributed by atoms with van der Waals surface area (Å²) >= 11 is 0. The second-order valence-corrected chi connectivity index (χ2v) is 6.56. The van der Waals surface area contributed by atoms with Gasteiger partial charge in [0.15, 0.2) is 0 Å². The van der Waals surface area contributed by atoms with Crippen LogP contribution in [0.4, 0.5) is 70.2 Å². The maximum Gasteiger partial charge on any atom is 0.460 e. The molecule has 0 aliphatic rings. The Balaban J connectivity index is 3.50. The number of ether oxygens (including phenoxy) is 1. The third-order valence-corrected chi connectivity index (χ3v) is 4.34. The zero-order valence-electron chi connectivity index (χ0n) is 15.5. The van der Waals surface area contributed by atoms with Crippen LogP contribution in [0.1, 0.15) is 18.1 Å². The van der Waals surface area contributed by atoms with E-state index in [1.165, 1.54) is 0 Å². The van der Waals surface area contributed by atoms with Crippen LogP contribution < -0.4 is 0 Å². The van der Waals surface area contributed by atoms with E-state index < -0.39 is 65.6 Å². The zero-order chi connectivity index (χ0) is 26.5. The molecule has 17 heteroatoms. The topological polar surface area (TPSA) is 9.23 Å². The average Bonchev–Trinajstić information content (AvgIpc) is 2.64. The molecular formula is C16H10F16O. The number of hydrogen-bond donors (Lipinski definition) is 0. The molecule has 0 bridgehead atoms. The van der Waals surface area contributed by atoms with Gasteiger partial charge in [-0.15, -0.1) is 0 Å². The molecule has 1 aromatic carbocycles. The highest BCUT2D eigenvalue weighted by Crippen LogP contribution is 2.63. The van der Waals surface area contributed by atoms with E-state index in [4.69, 9.17) is 0 Å². The second kappa shape index (κ2) is 8.37. The average molecular weight is 522 g/mol. The van der Waals surface area contributed by atoms with Gasteiger partial charge in [-0.05, 0) is 17.7 Å². The van der Waals surface area contributed by atoms with E-state index in [0.717, 1.165) is 12.1 Å². The van der Waals surface area contributed by atoms with Gasteiger partial charge in [-0.25, -0.2) is 4.39 Å². The summed E-state index contributed by atoms with van der Waals surface area (Å²) in [5, 5.41) is 0. The lowest BCUT2D eigenvalue weighted by atomic mass is 9.88. The molecule has 0 heterocycles. The van der Waals surface area contributed by atoms with Gasteiger partial charge in [0.2, 0.25) is 0 Å². The molecule has 0 fully saturated rings. The maximum atomic E-state index is 14.0. The van der Waals surface area contributed by atoms with Crippen LogP contribution in [0.25, 0.3) is 0 Å². The fourth-order valence-electron chi connectivity index (χ4n) is 2.40. The molecule has 33 heavy (non-hydrogen) atoms. The van der Waals surface area contributed by atoms with Crippen LogP contribution in [-0.2, 0) is 4.74 Å². The summed E-state index contributed by atoms with van der Waals surface area (Å²) in [5.74, 6) is -48.2. The lowest BCUT2D eigenvalue weighted by Gasteiger charge is -2.42. The first-order valence-corrected chi connectivity index (χ1v) is 8.04. The van der Waals surface area contributed by atoms with Crippen molar-refractivity contribution in [3.8, 4) is 0 Å². The van der Waals surface area contributed by atoms with Crippen molar-refractivity contribution in [3.05, 3.63) is 35.6 Å². The molecule has 0 saturated heterocycles. The van der Waals surface area contributed by atoms with Crippen LogP contribution in [0.15, 0.2) is 24.3 Å². The number of halogens is 16. The van der Waals surface area contributed by atoms with Crippen molar-refractivity contribution in [2.24, 2.45) is 0 Å². The van der Waals surface area contributed by atoms with E-state index in [-0.39, 0.29) is 0 Å². The molecule has 0 aliphatic heterocycles. The van der Waals surface area contributed by atoms with Crippen molar-refractivity contribution in [3.63, 3.8) is 0 Å². The molecule has 192 valence electrons. The summed E-state index contributed by atoms with van der Waals surface area (Å²) in [7, 11) is 0.481. The van der Waals surface area contributed by atoms with Gasteiger partial charge in [0.25, 0.3) is 0 Å². The molecular weight excluding hydrogens is 512 g/mol. The Morgan fingerprint density at radius 2 is 1.09 bits per heavy atom.